The number of ether oxygens (including phenoxy) is 1. The average Bonchev–Trinajstić information content (AvgIpc) is 2.31. The van der Waals surface area contributed by atoms with Gasteiger partial charge in [-0.25, -0.2) is 9.97 Å². The maximum atomic E-state index is 5.65. The maximum absolute atomic E-state index is 5.65. The maximum Gasteiger partial charge on any atom is 0.115 e. The molecule has 2 heterocycles. The predicted octanol–water partition coefficient (Wildman–Crippen LogP) is -0.103. The largest absolute Gasteiger partial charge is 0.374 e. The summed E-state index contributed by atoms with van der Waals surface area (Å²) in [4.78, 5) is 10.3. The van der Waals surface area contributed by atoms with Crippen LogP contribution in [-0.2, 0) is 11.3 Å². The summed E-state index contributed by atoms with van der Waals surface area (Å²) in [5.41, 5.74) is 1.04. The molecular weight excluding hydrogens is 204 g/mol. The van der Waals surface area contributed by atoms with Gasteiger partial charge in [-0.1, -0.05) is 0 Å². The quantitative estimate of drug-likeness (QED) is 0.771. The zero-order valence-corrected chi connectivity index (χ0v) is 9.59. The van der Waals surface area contributed by atoms with Gasteiger partial charge in [0, 0.05) is 32.4 Å². The van der Waals surface area contributed by atoms with Gasteiger partial charge in [-0.3, -0.25) is 4.90 Å². The van der Waals surface area contributed by atoms with E-state index in [9.17, 15) is 0 Å². The molecule has 1 aliphatic rings. The van der Waals surface area contributed by atoms with E-state index in [1.807, 2.05) is 6.07 Å². The number of hydrogen-bond acceptors (Lipinski definition) is 5. The summed E-state index contributed by atoms with van der Waals surface area (Å²) >= 11 is 0. The third-order valence-electron chi connectivity index (χ3n) is 2.59. The first-order valence-corrected chi connectivity index (χ1v) is 5.60. The highest BCUT2D eigenvalue weighted by Crippen LogP contribution is 2.02. The van der Waals surface area contributed by atoms with Crippen molar-refractivity contribution in [2.24, 2.45) is 0 Å². The highest BCUT2D eigenvalue weighted by atomic mass is 16.5. The van der Waals surface area contributed by atoms with E-state index in [4.69, 9.17) is 4.74 Å². The minimum atomic E-state index is 0.292. The predicted molar refractivity (Wildman–Crippen MR) is 61.0 cm³/mol. The van der Waals surface area contributed by atoms with Gasteiger partial charge < -0.3 is 10.1 Å². The standard InChI is InChI=1S/C11H18N4O/c1-15(7-10-2-3-13-9-14-10)8-11-6-12-4-5-16-11/h2-3,9,11-12H,4-8H2,1H3. The molecule has 1 fully saturated rings. The van der Waals surface area contributed by atoms with Crippen LogP contribution in [0.15, 0.2) is 18.6 Å². The molecule has 0 bridgehead atoms. The molecule has 1 aliphatic heterocycles. The van der Waals surface area contributed by atoms with Crippen molar-refractivity contribution in [1.29, 1.82) is 0 Å². The number of rotatable bonds is 4. The molecule has 0 amide bonds. The molecule has 5 heteroatoms. The van der Waals surface area contributed by atoms with E-state index in [0.29, 0.717) is 6.10 Å². The zero-order chi connectivity index (χ0) is 11.2. The van der Waals surface area contributed by atoms with Gasteiger partial charge >= 0.3 is 0 Å². The lowest BCUT2D eigenvalue weighted by atomic mass is 10.3. The molecule has 1 unspecified atom stereocenters. The van der Waals surface area contributed by atoms with Gasteiger partial charge in [-0.15, -0.1) is 0 Å². The molecule has 0 spiro atoms. The highest BCUT2D eigenvalue weighted by molar-refractivity contribution is 4.97. The Kier molecular flexibility index (Phi) is 4.21. The molecule has 1 N–H and O–H groups in total. The van der Waals surface area contributed by atoms with E-state index in [2.05, 4.69) is 27.2 Å². The van der Waals surface area contributed by atoms with Crippen molar-refractivity contribution in [3.63, 3.8) is 0 Å². The summed E-state index contributed by atoms with van der Waals surface area (Å²) in [6.07, 6.45) is 3.65. The van der Waals surface area contributed by atoms with Gasteiger partial charge in [0.15, 0.2) is 0 Å². The second-order valence-electron chi connectivity index (χ2n) is 4.09. The van der Waals surface area contributed by atoms with Crippen LogP contribution >= 0.6 is 0 Å². The van der Waals surface area contributed by atoms with Crippen LogP contribution < -0.4 is 5.32 Å². The number of aromatic nitrogens is 2. The zero-order valence-electron chi connectivity index (χ0n) is 9.59. The van der Waals surface area contributed by atoms with Gasteiger partial charge in [-0.2, -0.15) is 0 Å². The number of morpholine rings is 1. The Balaban J connectivity index is 1.77. The van der Waals surface area contributed by atoms with Crippen LogP contribution in [0.2, 0.25) is 0 Å². The Labute approximate surface area is 95.8 Å². The van der Waals surface area contributed by atoms with Crippen LogP contribution in [0.25, 0.3) is 0 Å². The highest BCUT2D eigenvalue weighted by Gasteiger charge is 2.15. The summed E-state index contributed by atoms with van der Waals surface area (Å²) in [7, 11) is 2.08. The molecule has 88 valence electrons. The molecule has 1 aromatic heterocycles. The van der Waals surface area contributed by atoms with Crippen molar-refractivity contribution < 1.29 is 4.74 Å². The topological polar surface area (TPSA) is 50.3 Å². The fourth-order valence-electron chi connectivity index (χ4n) is 1.84. The fourth-order valence-corrected chi connectivity index (χ4v) is 1.84. The smallest absolute Gasteiger partial charge is 0.115 e. The molecule has 1 aromatic rings. The molecular formula is C11H18N4O. The lowest BCUT2D eigenvalue weighted by Crippen LogP contribution is -2.44. The van der Waals surface area contributed by atoms with Gasteiger partial charge in [0.2, 0.25) is 0 Å². The van der Waals surface area contributed by atoms with Crippen LogP contribution in [0.4, 0.5) is 0 Å². The van der Waals surface area contributed by atoms with E-state index in [-0.39, 0.29) is 0 Å². The van der Waals surface area contributed by atoms with Crippen LogP contribution in [0.5, 0.6) is 0 Å². The Morgan fingerprint density at radius 1 is 1.62 bits per heavy atom. The summed E-state index contributed by atoms with van der Waals surface area (Å²) in [5, 5.41) is 3.33. The average molecular weight is 222 g/mol. The Morgan fingerprint density at radius 3 is 3.25 bits per heavy atom. The SMILES string of the molecule is CN(Cc1ccncn1)CC1CNCCO1. The van der Waals surface area contributed by atoms with Crippen LogP contribution in [0.3, 0.4) is 0 Å². The molecule has 1 atom stereocenters. The van der Waals surface area contributed by atoms with Crippen molar-refractivity contribution in [2.45, 2.75) is 12.6 Å². The summed E-state index contributed by atoms with van der Waals surface area (Å²) in [6, 6.07) is 1.94. The molecule has 0 aromatic carbocycles. The van der Waals surface area contributed by atoms with Crippen LogP contribution in [-0.4, -0.2) is 54.3 Å². The third kappa shape index (κ3) is 3.52. The van der Waals surface area contributed by atoms with Gasteiger partial charge in [-0.05, 0) is 13.1 Å². The van der Waals surface area contributed by atoms with Crippen LogP contribution in [0, 0.1) is 0 Å². The summed E-state index contributed by atoms with van der Waals surface area (Å²) in [5.74, 6) is 0. The van der Waals surface area contributed by atoms with Crippen molar-refractivity contribution in [1.82, 2.24) is 20.2 Å². The van der Waals surface area contributed by atoms with Crippen molar-refractivity contribution in [2.75, 3.05) is 33.3 Å². The summed E-state index contributed by atoms with van der Waals surface area (Å²) in [6.45, 7) is 4.48. The van der Waals surface area contributed by atoms with Gasteiger partial charge in [0.1, 0.15) is 6.33 Å². The van der Waals surface area contributed by atoms with Gasteiger partial charge in [0.05, 0.1) is 18.4 Å². The minimum absolute atomic E-state index is 0.292. The molecule has 2 rings (SSSR count). The molecule has 0 aliphatic carbocycles. The Hall–Kier alpha value is -1.04. The van der Waals surface area contributed by atoms with E-state index in [1.54, 1.807) is 12.5 Å². The number of nitrogens with one attached hydrogen (secondary N) is 1. The second kappa shape index (κ2) is 5.89. The van der Waals surface area contributed by atoms with E-state index in [1.165, 1.54) is 0 Å². The molecule has 1 saturated heterocycles. The first kappa shape index (κ1) is 11.4. The molecule has 5 nitrogen and oxygen atoms in total. The van der Waals surface area contributed by atoms with Crippen molar-refractivity contribution in [3.8, 4) is 0 Å². The first-order valence-electron chi connectivity index (χ1n) is 5.60. The number of nitrogens with zero attached hydrogens (tertiary/aromatic N) is 3. The molecule has 0 radical (unpaired) electrons. The third-order valence-corrected chi connectivity index (χ3v) is 2.59. The lowest BCUT2D eigenvalue weighted by molar-refractivity contribution is 0.00867. The Bertz CT molecular complexity index is 300. The van der Waals surface area contributed by atoms with Crippen LogP contribution in [0.1, 0.15) is 5.69 Å². The van der Waals surface area contributed by atoms with E-state index >= 15 is 0 Å². The minimum Gasteiger partial charge on any atom is -0.374 e. The second-order valence-corrected chi connectivity index (χ2v) is 4.09. The number of hydrogen-bond donors (Lipinski definition) is 1. The monoisotopic (exact) mass is 222 g/mol. The normalized spacial score (nSPS) is 21.2. The van der Waals surface area contributed by atoms with Crippen molar-refractivity contribution in [3.05, 3.63) is 24.3 Å². The van der Waals surface area contributed by atoms with E-state index < -0.39 is 0 Å². The van der Waals surface area contributed by atoms with Gasteiger partial charge in [0.25, 0.3) is 0 Å². The Morgan fingerprint density at radius 2 is 2.56 bits per heavy atom. The fraction of sp³-hybridized carbons (Fsp3) is 0.636. The summed E-state index contributed by atoms with van der Waals surface area (Å²) < 4.78 is 5.65. The lowest BCUT2D eigenvalue weighted by Gasteiger charge is -2.27. The van der Waals surface area contributed by atoms with E-state index in [0.717, 1.165) is 38.5 Å². The molecule has 16 heavy (non-hydrogen) atoms. The number of likely N-dealkylation sites (N-methyl/N-ethyl adjacent to an activating group) is 1. The molecule has 0 saturated carbocycles. The van der Waals surface area contributed by atoms with Crippen molar-refractivity contribution >= 4 is 0 Å². The first-order chi connectivity index (χ1) is 7.84.